The van der Waals surface area contributed by atoms with Crippen molar-refractivity contribution in [1.29, 1.82) is 0 Å². The molecule has 2 aromatic rings. The van der Waals surface area contributed by atoms with E-state index >= 15 is 0 Å². The largest absolute Gasteiger partial charge is 0.331 e. The Morgan fingerprint density at radius 1 is 1.00 bits per heavy atom. The molecule has 3 rings (SSSR count). The summed E-state index contributed by atoms with van der Waals surface area (Å²) in [6.45, 7) is 4.90. The van der Waals surface area contributed by atoms with Crippen LogP contribution in [-0.4, -0.2) is 34.1 Å². The van der Waals surface area contributed by atoms with Crippen LogP contribution in [0.4, 0.5) is 0 Å². The van der Waals surface area contributed by atoms with E-state index in [1.54, 1.807) is 0 Å². The Labute approximate surface area is 108 Å². The molecule has 1 fully saturated rings. The molecule has 18 heavy (non-hydrogen) atoms. The van der Waals surface area contributed by atoms with Crippen LogP contribution in [0.25, 0.3) is 11.0 Å². The van der Waals surface area contributed by atoms with Crippen LogP contribution in [0.1, 0.15) is 25.7 Å². The van der Waals surface area contributed by atoms with E-state index in [2.05, 4.69) is 32.7 Å². The van der Waals surface area contributed by atoms with Crippen LogP contribution in [0.2, 0.25) is 0 Å². The fourth-order valence-electron chi connectivity index (χ4n) is 2.84. The van der Waals surface area contributed by atoms with Crippen molar-refractivity contribution in [2.45, 2.75) is 32.2 Å². The molecule has 0 atom stereocenters. The van der Waals surface area contributed by atoms with Gasteiger partial charge in [0.1, 0.15) is 0 Å². The molecule has 96 valence electrons. The number of rotatable bonds is 4. The predicted molar refractivity (Wildman–Crippen MR) is 74.6 cm³/mol. The molecule has 0 N–H and O–H groups in total. The molecular weight excluding hydrogens is 222 g/mol. The normalized spacial score (nSPS) is 17.3. The van der Waals surface area contributed by atoms with Crippen molar-refractivity contribution in [3.05, 3.63) is 30.6 Å². The number of hydrogen-bond donors (Lipinski definition) is 0. The number of imidazole rings is 1. The molecule has 0 aliphatic carbocycles. The number of aromatic nitrogens is 2. The highest BCUT2D eigenvalue weighted by Crippen LogP contribution is 2.13. The molecular formula is C15H21N3. The number of aryl methyl sites for hydroxylation is 1. The molecule has 0 saturated carbocycles. The summed E-state index contributed by atoms with van der Waals surface area (Å²) in [5.74, 6) is 0. The van der Waals surface area contributed by atoms with Crippen molar-refractivity contribution < 1.29 is 0 Å². The van der Waals surface area contributed by atoms with Crippen LogP contribution in [0.15, 0.2) is 30.6 Å². The molecule has 0 unspecified atom stereocenters. The van der Waals surface area contributed by atoms with Gasteiger partial charge in [0.2, 0.25) is 0 Å². The molecule has 1 aromatic heterocycles. The summed E-state index contributed by atoms with van der Waals surface area (Å²) in [6, 6.07) is 8.37. The van der Waals surface area contributed by atoms with Crippen LogP contribution >= 0.6 is 0 Å². The van der Waals surface area contributed by atoms with Crippen LogP contribution in [0.5, 0.6) is 0 Å². The minimum atomic E-state index is 1.08. The third kappa shape index (κ3) is 2.56. The van der Waals surface area contributed by atoms with Crippen molar-refractivity contribution in [3.63, 3.8) is 0 Å². The molecule has 1 aliphatic rings. The quantitative estimate of drug-likeness (QED) is 0.823. The average Bonchev–Trinajstić information content (AvgIpc) is 2.84. The maximum atomic E-state index is 4.43. The minimum absolute atomic E-state index is 1.08. The third-order valence-corrected chi connectivity index (χ3v) is 3.85. The molecule has 3 heteroatoms. The monoisotopic (exact) mass is 243 g/mol. The Morgan fingerprint density at radius 3 is 2.72 bits per heavy atom. The summed E-state index contributed by atoms with van der Waals surface area (Å²) in [4.78, 5) is 7.03. The maximum absolute atomic E-state index is 4.43. The lowest BCUT2D eigenvalue weighted by atomic mass is 10.1. The topological polar surface area (TPSA) is 21.1 Å². The van der Waals surface area contributed by atoms with Crippen molar-refractivity contribution in [2.75, 3.05) is 19.6 Å². The van der Waals surface area contributed by atoms with Gasteiger partial charge < -0.3 is 9.47 Å². The first-order valence-corrected chi connectivity index (χ1v) is 7.06. The number of para-hydroxylation sites is 2. The van der Waals surface area contributed by atoms with E-state index in [4.69, 9.17) is 0 Å². The van der Waals surface area contributed by atoms with Gasteiger partial charge in [0.05, 0.1) is 17.4 Å². The van der Waals surface area contributed by atoms with Crippen LogP contribution in [0, 0.1) is 0 Å². The van der Waals surface area contributed by atoms with Gasteiger partial charge in [0, 0.05) is 6.54 Å². The zero-order chi connectivity index (χ0) is 12.2. The molecule has 3 nitrogen and oxygen atoms in total. The van der Waals surface area contributed by atoms with Crippen molar-refractivity contribution >= 4 is 11.0 Å². The van der Waals surface area contributed by atoms with Gasteiger partial charge in [0.25, 0.3) is 0 Å². The average molecular weight is 243 g/mol. The molecule has 0 bridgehead atoms. The molecule has 1 aromatic carbocycles. The van der Waals surface area contributed by atoms with Gasteiger partial charge in [-0.15, -0.1) is 0 Å². The van der Waals surface area contributed by atoms with Gasteiger partial charge in [0.15, 0.2) is 0 Å². The Bertz CT molecular complexity index is 497. The van der Waals surface area contributed by atoms with Crippen LogP contribution in [0.3, 0.4) is 0 Å². The Morgan fingerprint density at radius 2 is 1.83 bits per heavy atom. The van der Waals surface area contributed by atoms with Crippen LogP contribution < -0.4 is 0 Å². The zero-order valence-corrected chi connectivity index (χ0v) is 10.9. The Hall–Kier alpha value is -1.35. The first-order valence-electron chi connectivity index (χ1n) is 7.06. The Kier molecular flexibility index (Phi) is 3.60. The van der Waals surface area contributed by atoms with Gasteiger partial charge >= 0.3 is 0 Å². The standard InChI is InChI=1S/C15H21N3/c1-4-9-17(10-5-1)11-6-12-18-13-16-14-7-2-3-8-15(14)18/h2-3,7-8,13H,1,4-6,9-12H2. The summed E-state index contributed by atoms with van der Waals surface area (Å²) in [5.41, 5.74) is 2.37. The summed E-state index contributed by atoms with van der Waals surface area (Å²) in [5, 5.41) is 0. The number of fused-ring (bicyclic) bond motifs is 1. The number of piperidine rings is 1. The van der Waals surface area contributed by atoms with Gasteiger partial charge in [-0.1, -0.05) is 18.6 Å². The van der Waals surface area contributed by atoms with Crippen LogP contribution in [-0.2, 0) is 6.54 Å². The fourth-order valence-corrected chi connectivity index (χ4v) is 2.84. The first-order chi connectivity index (χ1) is 8.93. The fraction of sp³-hybridized carbons (Fsp3) is 0.533. The molecule has 0 amide bonds. The van der Waals surface area contributed by atoms with Gasteiger partial charge in [-0.3, -0.25) is 0 Å². The minimum Gasteiger partial charge on any atom is -0.331 e. The van der Waals surface area contributed by atoms with E-state index in [1.807, 2.05) is 12.4 Å². The SMILES string of the molecule is c1ccc2c(c1)ncn2CCCN1CCCCC1. The summed E-state index contributed by atoms with van der Waals surface area (Å²) < 4.78 is 2.28. The second-order valence-electron chi connectivity index (χ2n) is 5.18. The van der Waals surface area contributed by atoms with Gasteiger partial charge in [-0.05, 0) is 51.0 Å². The highest BCUT2D eigenvalue weighted by Gasteiger charge is 2.09. The molecule has 0 spiro atoms. The van der Waals surface area contributed by atoms with E-state index < -0.39 is 0 Å². The van der Waals surface area contributed by atoms with Crippen molar-refractivity contribution in [2.24, 2.45) is 0 Å². The third-order valence-electron chi connectivity index (χ3n) is 3.85. The number of likely N-dealkylation sites (tertiary alicyclic amines) is 1. The lowest BCUT2D eigenvalue weighted by Crippen LogP contribution is -2.31. The van der Waals surface area contributed by atoms with E-state index in [9.17, 15) is 0 Å². The molecule has 0 radical (unpaired) electrons. The number of hydrogen-bond acceptors (Lipinski definition) is 2. The molecule has 2 heterocycles. The zero-order valence-electron chi connectivity index (χ0n) is 10.9. The molecule has 1 saturated heterocycles. The van der Waals surface area contributed by atoms with E-state index in [1.165, 1.54) is 50.8 Å². The van der Waals surface area contributed by atoms with Gasteiger partial charge in [-0.25, -0.2) is 4.98 Å². The number of nitrogens with zero attached hydrogens (tertiary/aromatic N) is 3. The summed E-state index contributed by atoms with van der Waals surface area (Å²) in [7, 11) is 0. The lowest BCUT2D eigenvalue weighted by molar-refractivity contribution is 0.223. The highest BCUT2D eigenvalue weighted by molar-refractivity contribution is 5.74. The number of benzene rings is 1. The van der Waals surface area contributed by atoms with E-state index in [-0.39, 0.29) is 0 Å². The van der Waals surface area contributed by atoms with E-state index in [0.717, 1.165) is 12.1 Å². The summed E-state index contributed by atoms with van der Waals surface area (Å²) >= 11 is 0. The van der Waals surface area contributed by atoms with Crippen molar-refractivity contribution in [1.82, 2.24) is 14.5 Å². The van der Waals surface area contributed by atoms with Gasteiger partial charge in [-0.2, -0.15) is 0 Å². The molecule has 1 aliphatic heterocycles. The lowest BCUT2D eigenvalue weighted by Gasteiger charge is -2.26. The Balaban J connectivity index is 1.56. The predicted octanol–water partition coefficient (Wildman–Crippen LogP) is 2.91. The second-order valence-corrected chi connectivity index (χ2v) is 5.18. The maximum Gasteiger partial charge on any atom is 0.0958 e. The van der Waals surface area contributed by atoms with E-state index in [0.29, 0.717) is 0 Å². The summed E-state index contributed by atoms with van der Waals surface area (Å²) in [6.07, 6.45) is 7.38. The second kappa shape index (κ2) is 5.53. The smallest absolute Gasteiger partial charge is 0.0958 e. The highest BCUT2D eigenvalue weighted by atomic mass is 15.1. The van der Waals surface area contributed by atoms with Crippen molar-refractivity contribution in [3.8, 4) is 0 Å². The first kappa shape index (κ1) is 11.7.